The highest BCUT2D eigenvalue weighted by molar-refractivity contribution is 6.35. The number of benzene rings is 2. The van der Waals surface area contributed by atoms with E-state index in [-0.39, 0.29) is 5.92 Å². The normalized spacial score (nSPS) is 17.3. The van der Waals surface area contributed by atoms with Gasteiger partial charge in [0.1, 0.15) is 0 Å². The van der Waals surface area contributed by atoms with Gasteiger partial charge in [0.15, 0.2) is 0 Å². The minimum atomic E-state index is 0.224. The first-order valence-electron chi connectivity index (χ1n) is 8.16. The largest absolute Gasteiger partial charge is 0.301 e. The molecular formula is C20H17Cl2N3. The van der Waals surface area contributed by atoms with Gasteiger partial charge < -0.3 is 4.90 Å². The van der Waals surface area contributed by atoms with E-state index in [1.165, 1.54) is 11.1 Å². The Morgan fingerprint density at radius 1 is 1.08 bits per heavy atom. The molecule has 0 unspecified atom stereocenters. The van der Waals surface area contributed by atoms with Crippen molar-refractivity contribution < 1.29 is 0 Å². The second-order valence-electron chi connectivity index (χ2n) is 6.44. The summed E-state index contributed by atoms with van der Waals surface area (Å²) in [7, 11) is 2.12. The van der Waals surface area contributed by atoms with Gasteiger partial charge in [0.05, 0.1) is 5.69 Å². The molecule has 0 saturated carbocycles. The summed E-state index contributed by atoms with van der Waals surface area (Å²) in [6, 6.07) is 16.2. The Bertz CT molecular complexity index is 912. The molecule has 0 spiro atoms. The highest BCUT2D eigenvalue weighted by Crippen LogP contribution is 2.39. The maximum absolute atomic E-state index is 6.46. The monoisotopic (exact) mass is 369 g/mol. The fraction of sp³-hybridized carbons (Fsp3) is 0.200. The van der Waals surface area contributed by atoms with Crippen molar-refractivity contribution in [2.24, 2.45) is 0 Å². The standard InChI is InChI=1S/C20H17Cl2N3/c1-25-11-17(16-9-15(21)10-19(22)18(16)12-25)13-4-2-5-14(8-13)20-6-3-7-23-24-20/h2-10,17H,11-12H2,1H3/t17-/m0/s1. The molecule has 1 aliphatic rings. The van der Waals surface area contributed by atoms with Crippen LogP contribution in [0.4, 0.5) is 0 Å². The fourth-order valence-corrected chi connectivity index (χ4v) is 4.07. The quantitative estimate of drug-likeness (QED) is 0.634. The van der Waals surface area contributed by atoms with Gasteiger partial charge in [0.2, 0.25) is 0 Å². The molecule has 3 aromatic rings. The van der Waals surface area contributed by atoms with Gasteiger partial charge in [-0.3, -0.25) is 0 Å². The maximum Gasteiger partial charge on any atom is 0.0929 e. The molecule has 4 rings (SSSR count). The third-order valence-electron chi connectivity index (χ3n) is 4.65. The molecule has 25 heavy (non-hydrogen) atoms. The van der Waals surface area contributed by atoms with Crippen LogP contribution in [0.1, 0.15) is 22.6 Å². The Balaban J connectivity index is 1.81. The molecule has 3 nitrogen and oxygen atoms in total. The first kappa shape index (κ1) is 16.5. The van der Waals surface area contributed by atoms with Gasteiger partial charge in [-0.05, 0) is 54.1 Å². The number of fused-ring (bicyclic) bond motifs is 1. The number of halogens is 2. The van der Waals surface area contributed by atoms with E-state index in [1.807, 2.05) is 18.2 Å². The molecule has 1 aromatic heterocycles. The van der Waals surface area contributed by atoms with Gasteiger partial charge in [-0.25, -0.2) is 0 Å². The van der Waals surface area contributed by atoms with Gasteiger partial charge >= 0.3 is 0 Å². The molecule has 0 N–H and O–H groups in total. The summed E-state index contributed by atoms with van der Waals surface area (Å²) < 4.78 is 0. The van der Waals surface area contributed by atoms with Crippen LogP contribution in [-0.2, 0) is 6.54 Å². The Morgan fingerprint density at radius 3 is 2.76 bits per heavy atom. The highest BCUT2D eigenvalue weighted by Gasteiger charge is 2.27. The van der Waals surface area contributed by atoms with Crippen LogP contribution < -0.4 is 0 Å². The minimum Gasteiger partial charge on any atom is -0.301 e. The van der Waals surface area contributed by atoms with Crippen molar-refractivity contribution in [3.05, 3.63) is 81.5 Å². The van der Waals surface area contributed by atoms with E-state index in [0.717, 1.165) is 34.9 Å². The van der Waals surface area contributed by atoms with Crippen molar-refractivity contribution in [3.8, 4) is 11.3 Å². The lowest BCUT2D eigenvalue weighted by atomic mass is 9.84. The summed E-state index contributed by atoms with van der Waals surface area (Å²) in [5.41, 5.74) is 5.54. The van der Waals surface area contributed by atoms with Crippen molar-refractivity contribution in [1.29, 1.82) is 0 Å². The number of likely N-dealkylation sites (N-methyl/N-ethyl adjacent to an activating group) is 1. The first-order valence-corrected chi connectivity index (χ1v) is 8.92. The van der Waals surface area contributed by atoms with E-state index in [0.29, 0.717) is 5.02 Å². The maximum atomic E-state index is 6.46. The number of aromatic nitrogens is 2. The smallest absolute Gasteiger partial charge is 0.0929 e. The molecule has 1 aliphatic heterocycles. The predicted octanol–water partition coefficient (Wildman–Crippen LogP) is 5.03. The fourth-order valence-electron chi connectivity index (χ4n) is 3.50. The molecule has 0 fully saturated rings. The number of nitrogens with zero attached hydrogens (tertiary/aromatic N) is 3. The molecule has 2 heterocycles. The first-order chi connectivity index (χ1) is 12.1. The Hall–Kier alpha value is -1.94. The summed E-state index contributed by atoms with van der Waals surface area (Å²) in [4.78, 5) is 2.29. The highest BCUT2D eigenvalue weighted by atomic mass is 35.5. The molecule has 5 heteroatoms. The molecular weight excluding hydrogens is 353 g/mol. The summed E-state index contributed by atoms with van der Waals surface area (Å²) >= 11 is 12.7. The Morgan fingerprint density at radius 2 is 1.96 bits per heavy atom. The van der Waals surface area contributed by atoms with Crippen molar-refractivity contribution in [1.82, 2.24) is 15.1 Å². The minimum absolute atomic E-state index is 0.224. The van der Waals surface area contributed by atoms with Crippen molar-refractivity contribution in [2.75, 3.05) is 13.6 Å². The third-order valence-corrected chi connectivity index (χ3v) is 5.20. The lowest BCUT2D eigenvalue weighted by molar-refractivity contribution is 0.295. The number of rotatable bonds is 2. The zero-order valence-corrected chi connectivity index (χ0v) is 15.3. The average molecular weight is 370 g/mol. The zero-order valence-electron chi connectivity index (χ0n) is 13.8. The van der Waals surface area contributed by atoms with Crippen LogP contribution in [0.15, 0.2) is 54.7 Å². The van der Waals surface area contributed by atoms with Gasteiger partial charge in [-0.1, -0.05) is 41.4 Å². The van der Waals surface area contributed by atoms with Gasteiger partial charge in [-0.2, -0.15) is 10.2 Å². The van der Waals surface area contributed by atoms with E-state index in [1.54, 1.807) is 6.20 Å². The lowest BCUT2D eigenvalue weighted by Gasteiger charge is -2.33. The molecule has 0 saturated heterocycles. The van der Waals surface area contributed by atoms with Crippen LogP contribution in [0.2, 0.25) is 10.0 Å². The van der Waals surface area contributed by atoms with Crippen LogP contribution in [-0.4, -0.2) is 28.7 Å². The van der Waals surface area contributed by atoms with Crippen LogP contribution in [0, 0.1) is 0 Å². The van der Waals surface area contributed by atoms with Crippen LogP contribution in [0.3, 0.4) is 0 Å². The van der Waals surface area contributed by atoms with Crippen molar-refractivity contribution in [3.63, 3.8) is 0 Å². The lowest BCUT2D eigenvalue weighted by Crippen LogP contribution is -2.31. The Labute approximate surface area is 157 Å². The van der Waals surface area contributed by atoms with Crippen LogP contribution in [0.25, 0.3) is 11.3 Å². The van der Waals surface area contributed by atoms with E-state index >= 15 is 0 Å². The molecule has 1 atom stereocenters. The molecule has 0 radical (unpaired) electrons. The summed E-state index contributed by atoms with van der Waals surface area (Å²) in [6.45, 7) is 1.76. The van der Waals surface area contributed by atoms with E-state index < -0.39 is 0 Å². The zero-order chi connectivity index (χ0) is 17.4. The van der Waals surface area contributed by atoms with Gasteiger partial charge in [0, 0.05) is 40.8 Å². The number of hydrogen-bond donors (Lipinski definition) is 0. The third kappa shape index (κ3) is 3.28. The molecule has 0 aliphatic carbocycles. The SMILES string of the molecule is CN1Cc2c(Cl)cc(Cl)cc2[C@H](c2cccc(-c3cccnn3)c2)C1. The van der Waals surface area contributed by atoms with Gasteiger partial charge in [-0.15, -0.1) is 0 Å². The summed E-state index contributed by atoms with van der Waals surface area (Å²) in [5.74, 6) is 0.224. The van der Waals surface area contributed by atoms with Crippen molar-refractivity contribution >= 4 is 23.2 Å². The van der Waals surface area contributed by atoms with E-state index in [9.17, 15) is 0 Å². The van der Waals surface area contributed by atoms with Gasteiger partial charge in [0.25, 0.3) is 0 Å². The van der Waals surface area contributed by atoms with Crippen molar-refractivity contribution in [2.45, 2.75) is 12.5 Å². The second-order valence-corrected chi connectivity index (χ2v) is 7.28. The number of hydrogen-bond acceptors (Lipinski definition) is 3. The Kier molecular flexibility index (Phi) is 4.46. The molecule has 0 bridgehead atoms. The molecule has 0 amide bonds. The topological polar surface area (TPSA) is 29.0 Å². The van der Waals surface area contributed by atoms with E-state index in [4.69, 9.17) is 23.2 Å². The molecule has 126 valence electrons. The summed E-state index contributed by atoms with van der Waals surface area (Å²) in [6.07, 6.45) is 1.68. The average Bonchev–Trinajstić information content (AvgIpc) is 2.63. The summed E-state index contributed by atoms with van der Waals surface area (Å²) in [5, 5.41) is 9.63. The van der Waals surface area contributed by atoms with Crippen LogP contribution >= 0.6 is 23.2 Å². The molecule has 2 aromatic carbocycles. The second kappa shape index (κ2) is 6.75. The van der Waals surface area contributed by atoms with E-state index in [2.05, 4.69) is 52.5 Å². The predicted molar refractivity (Wildman–Crippen MR) is 102 cm³/mol. The van der Waals surface area contributed by atoms with Crippen LogP contribution in [0.5, 0.6) is 0 Å².